The van der Waals surface area contributed by atoms with Gasteiger partial charge in [0.15, 0.2) is 29.6 Å². The van der Waals surface area contributed by atoms with E-state index in [2.05, 4.69) is 12.2 Å². The summed E-state index contributed by atoms with van der Waals surface area (Å²) in [5, 5.41) is 2.64. The van der Waals surface area contributed by atoms with Gasteiger partial charge >= 0.3 is 5.97 Å². The minimum absolute atomic E-state index is 0.149. The van der Waals surface area contributed by atoms with Crippen LogP contribution in [-0.2, 0) is 9.53 Å². The third-order valence-electron chi connectivity index (χ3n) is 4.15. The van der Waals surface area contributed by atoms with E-state index in [4.69, 9.17) is 23.7 Å². The first-order valence-electron chi connectivity index (χ1n) is 9.28. The molecule has 0 aromatic heterocycles. The first kappa shape index (κ1) is 20.3. The predicted molar refractivity (Wildman–Crippen MR) is 105 cm³/mol. The van der Waals surface area contributed by atoms with E-state index in [1.807, 2.05) is 0 Å². The lowest BCUT2D eigenvalue weighted by molar-refractivity contribution is -0.119. The van der Waals surface area contributed by atoms with Crippen molar-refractivity contribution in [2.24, 2.45) is 0 Å². The molecular weight excluding hydrogens is 378 g/mol. The zero-order valence-corrected chi connectivity index (χ0v) is 16.4. The molecule has 1 aliphatic rings. The van der Waals surface area contributed by atoms with Crippen LogP contribution in [0.4, 0.5) is 5.69 Å². The molecule has 0 radical (unpaired) electrons. The van der Waals surface area contributed by atoms with Crippen LogP contribution >= 0.6 is 0 Å². The summed E-state index contributed by atoms with van der Waals surface area (Å²) in [6.07, 6.45) is 1.94. The minimum atomic E-state index is -0.635. The van der Waals surface area contributed by atoms with Crippen LogP contribution in [0, 0.1) is 0 Å². The van der Waals surface area contributed by atoms with Crippen LogP contribution in [-0.4, -0.2) is 39.0 Å². The maximum absolute atomic E-state index is 12.3. The molecule has 3 rings (SSSR count). The summed E-state index contributed by atoms with van der Waals surface area (Å²) >= 11 is 0. The third kappa shape index (κ3) is 5.31. The first-order chi connectivity index (χ1) is 14.1. The van der Waals surface area contributed by atoms with Crippen molar-refractivity contribution in [2.45, 2.75) is 19.8 Å². The van der Waals surface area contributed by atoms with Crippen molar-refractivity contribution in [2.75, 3.05) is 32.4 Å². The van der Waals surface area contributed by atoms with Crippen molar-refractivity contribution in [1.82, 2.24) is 0 Å². The molecule has 154 valence electrons. The van der Waals surface area contributed by atoms with Gasteiger partial charge in [0.1, 0.15) is 0 Å². The van der Waals surface area contributed by atoms with Crippen molar-refractivity contribution >= 4 is 17.6 Å². The van der Waals surface area contributed by atoms with Gasteiger partial charge in [-0.1, -0.05) is 13.3 Å². The summed E-state index contributed by atoms with van der Waals surface area (Å²) < 4.78 is 26.5. The Labute approximate surface area is 168 Å². The van der Waals surface area contributed by atoms with Crippen molar-refractivity contribution in [1.29, 1.82) is 0 Å². The molecule has 0 saturated heterocycles. The number of esters is 1. The van der Waals surface area contributed by atoms with E-state index in [1.54, 1.807) is 30.3 Å². The smallest absolute Gasteiger partial charge is 0.338 e. The van der Waals surface area contributed by atoms with E-state index < -0.39 is 18.5 Å². The second kappa shape index (κ2) is 9.68. The zero-order valence-electron chi connectivity index (χ0n) is 16.4. The maximum Gasteiger partial charge on any atom is 0.338 e. The second-order valence-corrected chi connectivity index (χ2v) is 6.26. The molecule has 0 fully saturated rings. The van der Waals surface area contributed by atoms with Gasteiger partial charge in [-0.05, 0) is 36.8 Å². The predicted octanol–water partition coefficient (Wildman–Crippen LogP) is 3.40. The SMILES string of the molecule is CCCCOc1ccc(C(=O)OCC(=O)Nc2ccc3c(c2)OCO3)cc1OC. The molecule has 1 heterocycles. The van der Waals surface area contributed by atoms with Crippen LogP contribution in [0.1, 0.15) is 30.1 Å². The summed E-state index contributed by atoms with van der Waals surface area (Å²) in [5.74, 6) is 1.05. The molecular formula is C21H23NO7. The van der Waals surface area contributed by atoms with E-state index in [-0.39, 0.29) is 12.4 Å². The number of benzene rings is 2. The number of anilines is 1. The van der Waals surface area contributed by atoms with Gasteiger partial charge < -0.3 is 29.0 Å². The highest BCUT2D eigenvalue weighted by Gasteiger charge is 2.16. The summed E-state index contributed by atoms with van der Waals surface area (Å²) in [7, 11) is 1.50. The first-order valence-corrected chi connectivity index (χ1v) is 9.28. The number of amides is 1. The molecule has 8 nitrogen and oxygen atoms in total. The Balaban J connectivity index is 1.53. The number of carbonyl (C=O) groups is 2. The zero-order chi connectivity index (χ0) is 20.6. The topological polar surface area (TPSA) is 92.3 Å². The summed E-state index contributed by atoms with van der Waals surface area (Å²) in [6, 6.07) is 9.76. The molecule has 1 N–H and O–H groups in total. The maximum atomic E-state index is 12.3. The van der Waals surface area contributed by atoms with E-state index in [0.29, 0.717) is 35.3 Å². The molecule has 0 aliphatic carbocycles. The van der Waals surface area contributed by atoms with Crippen LogP contribution < -0.4 is 24.3 Å². The molecule has 0 saturated carbocycles. The molecule has 0 unspecified atom stereocenters. The second-order valence-electron chi connectivity index (χ2n) is 6.26. The normalized spacial score (nSPS) is 11.7. The molecule has 8 heteroatoms. The fourth-order valence-corrected chi connectivity index (χ4v) is 2.63. The Morgan fingerprint density at radius 2 is 1.90 bits per heavy atom. The largest absolute Gasteiger partial charge is 0.493 e. The number of hydrogen-bond acceptors (Lipinski definition) is 7. The van der Waals surface area contributed by atoms with Gasteiger partial charge in [0.25, 0.3) is 5.91 Å². The molecule has 0 atom stereocenters. The number of methoxy groups -OCH3 is 1. The highest BCUT2D eigenvalue weighted by atomic mass is 16.7. The fraction of sp³-hybridized carbons (Fsp3) is 0.333. The Morgan fingerprint density at radius 1 is 1.07 bits per heavy atom. The monoisotopic (exact) mass is 401 g/mol. The van der Waals surface area contributed by atoms with E-state index in [1.165, 1.54) is 13.2 Å². The molecule has 29 heavy (non-hydrogen) atoms. The van der Waals surface area contributed by atoms with E-state index in [0.717, 1.165) is 12.8 Å². The lowest BCUT2D eigenvalue weighted by Gasteiger charge is -2.12. The standard InChI is InChI=1S/C21H23NO7/c1-3-4-9-26-16-7-5-14(10-18(16)25-2)21(24)27-12-20(23)22-15-6-8-17-19(11-15)29-13-28-17/h5-8,10-11H,3-4,9,12-13H2,1-2H3,(H,22,23). The molecule has 0 bridgehead atoms. The number of nitrogens with one attached hydrogen (secondary N) is 1. The number of rotatable bonds is 9. The Bertz CT molecular complexity index is 881. The minimum Gasteiger partial charge on any atom is -0.493 e. The third-order valence-corrected chi connectivity index (χ3v) is 4.15. The average Bonchev–Trinajstić information content (AvgIpc) is 3.20. The number of hydrogen-bond donors (Lipinski definition) is 1. The number of ether oxygens (including phenoxy) is 5. The Morgan fingerprint density at radius 3 is 2.69 bits per heavy atom. The van der Waals surface area contributed by atoms with Crippen molar-refractivity contribution in [3.63, 3.8) is 0 Å². The van der Waals surface area contributed by atoms with Crippen molar-refractivity contribution in [3.05, 3.63) is 42.0 Å². The van der Waals surface area contributed by atoms with E-state index in [9.17, 15) is 9.59 Å². The van der Waals surface area contributed by atoms with Crippen LogP contribution in [0.25, 0.3) is 0 Å². The number of fused-ring (bicyclic) bond motifs is 1. The van der Waals surface area contributed by atoms with Crippen LogP contribution in [0.2, 0.25) is 0 Å². The van der Waals surface area contributed by atoms with Gasteiger partial charge in [0.2, 0.25) is 6.79 Å². The molecule has 0 spiro atoms. The molecule has 1 amide bonds. The molecule has 1 aliphatic heterocycles. The highest BCUT2D eigenvalue weighted by Crippen LogP contribution is 2.34. The lowest BCUT2D eigenvalue weighted by Crippen LogP contribution is -2.21. The van der Waals surface area contributed by atoms with Crippen molar-refractivity contribution < 1.29 is 33.3 Å². The Kier molecular flexibility index (Phi) is 6.78. The quantitative estimate of drug-likeness (QED) is 0.508. The highest BCUT2D eigenvalue weighted by molar-refractivity contribution is 5.96. The average molecular weight is 401 g/mol. The Hall–Kier alpha value is -3.42. The lowest BCUT2D eigenvalue weighted by atomic mass is 10.2. The summed E-state index contributed by atoms with van der Waals surface area (Å²) in [6.45, 7) is 2.36. The van der Waals surface area contributed by atoms with Gasteiger partial charge in [-0.3, -0.25) is 4.79 Å². The summed E-state index contributed by atoms with van der Waals surface area (Å²) in [4.78, 5) is 24.3. The fourth-order valence-electron chi connectivity index (χ4n) is 2.63. The van der Waals surface area contributed by atoms with Gasteiger partial charge in [-0.25, -0.2) is 4.79 Å². The number of unbranched alkanes of at least 4 members (excludes halogenated alkanes) is 1. The van der Waals surface area contributed by atoms with Crippen molar-refractivity contribution in [3.8, 4) is 23.0 Å². The molecule has 2 aromatic carbocycles. The van der Waals surface area contributed by atoms with Gasteiger partial charge in [-0.15, -0.1) is 0 Å². The van der Waals surface area contributed by atoms with E-state index >= 15 is 0 Å². The van der Waals surface area contributed by atoms with Crippen LogP contribution in [0.15, 0.2) is 36.4 Å². The number of carbonyl (C=O) groups excluding carboxylic acids is 2. The van der Waals surface area contributed by atoms with Gasteiger partial charge in [0, 0.05) is 11.8 Å². The van der Waals surface area contributed by atoms with Crippen LogP contribution in [0.3, 0.4) is 0 Å². The summed E-state index contributed by atoms with van der Waals surface area (Å²) in [5.41, 5.74) is 0.783. The van der Waals surface area contributed by atoms with Gasteiger partial charge in [0.05, 0.1) is 19.3 Å². The van der Waals surface area contributed by atoms with Crippen LogP contribution in [0.5, 0.6) is 23.0 Å². The van der Waals surface area contributed by atoms with Gasteiger partial charge in [-0.2, -0.15) is 0 Å². The molecule has 2 aromatic rings.